The fraction of sp³-hybridized carbons (Fsp3) is 0.643. The molecular formula is C14H20N2. The molecule has 3 rings (SSSR count). The SMILES string of the molecule is c1cnc2c(c1)CCCC2NC1CCCC1. The predicted octanol–water partition coefficient (Wildman–Crippen LogP) is 2.99. The molecule has 0 aliphatic heterocycles. The van der Waals surface area contributed by atoms with Gasteiger partial charge in [-0.15, -0.1) is 0 Å². The van der Waals surface area contributed by atoms with E-state index < -0.39 is 0 Å². The minimum absolute atomic E-state index is 0.521. The van der Waals surface area contributed by atoms with Crippen molar-refractivity contribution in [2.24, 2.45) is 0 Å². The number of nitrogens with one attached hydrogen (secondary N) is 1. The number of aryl methyl sites for hydroxylation is 1. The van der Waals surface area contributed by atoms with Gasteiger partial charge >= 0.3 is 0 Å². The summed E-state index contributed by atoms with van der Waals surface area (Å²) in [5.41, 5.74) is 2.78. The van der Waals surface area contributed by atoms with Crippen LogP contribution in [0.2, 0.25) is 0 Å². The standard InChI is InChI=1S/C14H20N2/c1-2-8-12(7-1)16-13-9-3-5-11-6-4-10-15-14(11)13/h4,6,10,12-13,16H,1-3,5,7-9H2. The van der Waals surface area contributed by atoms with Gasteiger partial charge in [-0.25, -0.2) is 0 Å². The first-order chi connectivity index (χ1) is 7.93. The summed E-state index contributed by atoms with van der Waals surface area (Å²) >= 11 is 0. The Balaban J connectivity index is 1.76. The Bertz CT molecular complexity index is 356. The Morgan fingerprint density at radius 3 is 2.88 bits per heavy atom. The highest BCUT2D eigenvalue weighted by Crippen LogP contribution is 2.30. The molecule has 2 aliphatic rings. The van der Waals surface area contributed by atoms with E-state index in [1.165, 1.54) is 56.2 Å². The third-order valence-corrected chi connectivity index (χ3v) is 3.99. The smallest absolute Gasteiger partial charge is 0.0605 e. The molecule has 0 amide bonds. The number of aromatic nitrogens is 1. The first-order valence-corrected chi connectivity index (χ1v) is 6.63. The molecule has 1 unspecified atom stereocenters. The lowest BCUT2D eigenvalue weighted by atomic mass is 9.91. The maximum atomic E-state index is 4.58. The molecule has 1 fully saturated rings. The van der Waals surface area contributed by atoms with Gasteiger partial charge in [-0.05, 0) is 43.7 Å². The highest BCUT2D eigenvalue weighted by molar-refractivity contribution is 5.25. The number of fused-ring (bicyclic) bond motifs is 1. The summed E-state index contributed by atoms with van der Waals surface area (Å²) in [6.07, 6.45) is 11.2. The van der Waals surface area contributed by atoms with Gasteiger partial charge in [-0.3, -0.25) is 4.98 Å². The van der Waals surface area contributed by atoms with Crippen LogP contribution >= 0.6 is 0 Å². The number of hydrogen-bond acceptors (Lipinski definition) is 2. The van der Waals surface area contributed by atoms with Crippen molar-refractivity contribution in [3.05, 3.63) is 29.6 Å². The van der Waals surface area contributed by atoms with Crippen LogP contribution in [0.5, 0.6) is 0 Å². The van der Waals surface area contributed by atoms with Gasteiger partial charge in [0, 0.05) is 18.3 Å². The second-order valence-electron chi connectivity index (χ2n) is 5.14. The summed E-state index contributed by atoms with van der Waals surface area (Å²) in [7, 11) is 0. The van der Waals surface area contributed by atoms with E-state index >= 15 is 0 Å². The highest BCUT2D eigenvalue weighted by atomic mass is 15.0. The summed E-state index contributed by atoms with van der Waals surface area (Å²) in [6.45, 7) is 0. The van der Waals surface area contributed by atoms with E-state index in [0.29, 0.717) is 6.04 Å². The first kappa shape index (κ1) is 10.3. The average molecular weight is 216 g/mol. The molecule has 2 nitrogen and oxygen atoms in total. The van der Waals surface area contributed by atoms with E-state index in [9.17, 15) is 0 Å². The quantitative estimate of drug-likeness (QED) is 0.822. The summed E-state index contributed by atoms with van der Waals surface area (Å²) in [5, 5.41) is 3.81. The third kappa shape index (κ3) is 1.99. The predicted molar refractivity (Wildman–Crippen MR) is 65.3 cm³/mol. The van der Waals surface area contributed by atoms with Crippen LogP contribution in [0.4, 0.5) is 0 Å². The number of pyridine rings is 1. The van der Waals surface area contributed by atoms with E-state index in [0.717, 1.165) is 6.04 Å². The number of nitrogens with zero attached hydrogens (tertiary/aromatic N) is 1. The molecule has 0 spiro atoms. The molecule has 0 aromatic carbocycles. The second-order valence-corrected chi connectivity index (χ2v) is 5.14. The van der Waals surface area contributed by atoms with Crippen LogP contribution < -0.4 is 5.32 Å². The molecule has 0 bridgehead atoms. The van der Waals surface area contributed by atoms with Crippen molar-refractivity contribution in [2.75, 3.05) is 0 Å². The molecule has 1 aromatic heterocycles. The van der Waals surface area contributed by atoms with Crippen molar-refractivity contribution in [3.8, 4) is 0 Å². The molecule has 86 valence electrons. The maximum Gasteiger partial charge on any atom is 0.0605 e. The van der Waals surface area contributed by atoms with Gasteiger partial charge in [0.2, 0.25) is 0 Å². The Labute approximate surface area is 97.5 Å². The lowest BCUT2D eigenvalue weighted by molar-refractivity contribution is 0.389. The monoisotopic (exact) mass is 216 g/mol. The fourth-order valence-corrected chi connectivity index (χ4v) is 3.15. The minimum atomic E-state index is 0.521. The third-order valence-electron chi connectivity index (χ3n) is 3.99. The van der Waals surface area contributed by atoms with Gasteiger partial charge in [0.05, 0.1) is 5.69 Å². The summed E-state index contributed by atoms with van der Waals surface area (Å²) in [5.74, 6) is 0. The van der Waals surface area contributed by atoms with Gasteiger partial charge in [0.25, 0.3) is 0 Å². The van der Waals surface area contributed by atoms with Gasteiger partial charge in [0.1, 0.15) is 0 Å². The van der Waals surface area contributed by atoms with Crippen LogP contribution in [0.1, 0.15) is 55.8 Å². The van der Waals surface area contributed by atoms with E-state index in [1.54, 1.807) is 0 Å². The van der Waals surface area contributed by atoms with Crippen molar-refractivity contribution in [1.82, 2.24) is 10.3 Å². The molecule has 1 heterocycles. The van der Waals surface area contributed by atoms with Crippen molar-refractivity contribution in [1.29, 1.82) is 0 Å². The van der Waals surface area contributed by atoms with Crippen molar-refractivity contribution >= 4 is 0 Å². The molecule has 1 N–H and O–H groups in total. The zero-order chi connectivity index (χ0) is 10.8. The van der Waals surface area contributed by atoms with E-state index in [-0.39, 0.29) is 0 Å². The molecule has 16 heavy (non-hydrogen) atoms. The first-order valence-electron chi connectivity index (χ1n) is 6.63. The maximum absolute atomic E-state index is 4.58. The van der Waals surface area contributed by atoms with Gasteiger partial charge < -0.3 is 5.32 Å². The van der Waals surface area contributed by atoms with Crippen LogP contribution in [0.25, 0.3) is 0 Å². The molecule has 2 aliphatic carbocycles. The lowest BCUT2D eigenvalue weighted by Crippen LogP contribution is -2.33. The van der Waals surface area contributed by atoms with Crippen LogP contribution in [0.15, 0.2) is 18.3 Å². The van der Waals surface area contributed by atoms with Crippen LogP contribution in [0, 0.1) is 0 Å². The Morgan fingerprint density at radius 2 is 2.00 bits per heavy atom. The summed E-state index contributed by atoms with van der Waals surface area (Å²) in [6, 6.07) is 5.58. The topological polar surface area (TPSA) is 24.9 Å². The van der Waals surface area contributed by atoms with Crippen LogP contribution in [-0.4, -0.2) is 11.0 Å². The summed E-state index contributed by atoms with van der Waals surface area (Å²) in [4.78, 5) is 4.58. The Morgan fingerprint density at radius 1 is 1.12 bits per heavy atom. The van der Waals surface area contributed by atoms with Crippen molar-refractivity contribution in [3.63, 3.8) is 0 Å². The minimum Gasteiger partial charge on any atom is -0.306 e. The Kier molecular flexibility index (Phi) is 2.92. The van der Waals surface area contributed by atoms with Gasteiger partial charge in [-0.1, -0.05) is 18.9 Å². The fourth-order valence-electron chi connectivity index (χ4n) is 3.15. The van der Waals surface area contributed by atoms with Gasteiger partial charge in [0.15, 0.2) is 0 Å². The zero-order valence-electron chi connectivity index (χ0n) is 9.78. The molecule has 2 heteroatoms. The molecular weight excluding hydrogens is 196 g/mol. The largest absolute Gasteiger partial charge is 0.306 e. The van der Waals surface area contributed by atoms with E-state index in [1.807, 2.05) is 6.20 Å². The van der Waals surface area contributed by atoms with E-state index in [2.05, 4.69) is 22.4 Å². The number of hydrogen-bond donors (Lipinski definition) is 1. The van der Waals surface area contributed by atoms with Gasteiger partial charge in [-0.2, -0.15) is 0 Å². The number of rotatable bonds is 2. The molecule has 0 saturated heterocycles. The molecule has 1 aromatic rings. The second kappa shape index (κ2) is 4.54. The zero-order valence-corrected chi connectivity index (χ0v) is 9.78. The Hall–Kier alpha value is -0.890. The molecule has 0 radical (unpaired) electrons. The normalized spacial score (nSPS) is 25.6. The van der Waals surface area contributed by atoms with Crippen LogP contribution in [0.3, 0.4) is 0 Å². The lowest BCUT2D eigenvalue weighted by Gasteiger charge is -2.28. The summed E-state index contributed by atoms with van der Waals surface area (Å²) < 4.78 is 0. The van der Waals surface area contributed by atoms with Crippen LogP contribution in [-0.2, 0) is 6.42 Å². The average Bonchev–Trinajstić information content (AvgIpc) is 2.82. The van der Waals surface area contributed by atoms with Crippen molar-refractivity contribution < 1.29 is 0 Å². The molecule has 1 atom stereocenters. The van der Waals surface area contributed by atoms with E-state index in [4.69, 9.17) is 0 Å². The molecule has 1 saturated carbocycles. The highest BCUT2D eigenvalue weighted by Gasteiger charge is 2.24. The van der Waals surface area contributed by atoms with Crippen molar-refractivity contribution in [2.45, 2.75) is 57.0 Å².